The third-order valence-electron chi connectivity index (χ3n) is 5.21. The summed E-state index contributed by atoms with van der Waals surface area (Å²) in [4.78, 5) is 16.0. The lowest BCUT2D eigenvalue weighted by molar-refractivity contribution is -0.121. The van der Waals surface area contributed by atoms with Gasteiger partial charge in [0.2, 0.25) is 5.91 Å². The monoisotopic (exact) mass is 372 g/mol. The van der Waals surface area contributed by atoms with E-state index in [1.54, 1.807) is 18.4 Å². The van der Waals surface area contributed by atoms with Crippen LogP contribution in [0.1, 0.15) is 47.2 Å². The molecule has 0 fully saturated rings. The lowest BCUT2D eigenvalue weighted by Crippen LogP contribution is -2.35. The lowest BCUT2D eigenvalue weighted by atomic mass is 9.81. The SMILES string of the molecule is COc1ccc2c(c1)CCCC2CC(=O)NCC(c1cccs1)N(C)C. The van der Waals surface area contributed by atoms with Crippen LogP contribution >= 0.6 is 11.3 Å². The number of nitrogens with zero attached hydrogens (tertiary/aromatic N) is 1. The number of benzene rings is 1. The molecule has 0 saturated carbocycles. The van der Waals surface area contributed by atoms with Gasteiger partial charge in [0, 0.05) is 17.8 Å². The van der Waals surface area contributed by atoms with Crippen molar-refractivity contribution in [1.29, 1.82) is 0 Å². The van der Waals surface area contributed by atoms with Gasteiger partial charge >= 0.3 is 0 Å². The van der Waals surface area contributed by atoms with Crippen LogP contribution in [0.25, 0.3) is 0 Å². The highest BCUT2D eigenvalue weighted by Crippen LogP contribution is 2.35. The summed E-state index contributed by atoms with van der Waals surface area (Å²) >= 11 is 1.74. The Bertz CT molecular complexity index is 728. The van der Waals surface area contributed by atoms with E-state index in [1.807, 2.05) is 6.07 Å². The van der Waals surface area contributed by atoms with E-state index in [4.69, 9.17) is 4.74 Å². The number of carbonyl (C=O) groups is 1. The van der Waals surface area contributed by atoms with Crippen molar-refractivity contribution >= 4 is 17.2 Å². The highest BCUT2D eigenvalue weighted by atomic mass is 32.1. The molecule has 0 bridgehead atoms. The zero-order valence-electron chi connectivity index (χ0n) is 15.8. The Hall–Kier alpha value is -1.85. The van der Waals surface area contributed by atoms with Gasteiger partial charge in [0.15, 0.2) is 0 Å². The van der Waals surface area contributed by atoms with E-state index in [0.29, 0.717) is 18.9 Å². The summed E-state index contributed by atoms with van der Waals surface area (Å²) in [5, 5.41) is 5.24. The maximum absolute atomic E-state index is 12.6. The van der Waals surface area contributed by atoms with Crippen LogP contribution in [0.4, 0.5) is 0 Å². The summed E-state index contributed by atoms with van der Waals surface area (Å²) in [6.07, 6.45) is 3.85. The van der Waals surface area contributed by atoms with Crippen molar-refractivity contribution in [3.63, 3.8) is 0 Å². The van der Waals surface area contributed by atoms with E-state index in [9.17, 15) is 4.79 Å². The first-order valence-corrected chi connectivity index (χ1v) is 10.1. The van der Waals surface area contributed by atoms with Crippen molar-refractivity contribution in [1.82, 2.24) is 10.2 Å². The molecular formula is C21H28N2O2S. The molecule has 5 heteroatoms. The van der Waals surface area contributed by atoms with Crippen LogP contribution in [0.2, 0.25) is 0 Å². The summed E-state index contributed by atoms with van der Waals surface area (Å²) in [5.74, 6) is 1.35. The van der Waals surface area contributed by atoms with Crippen molar-refractivity contribution < 1.29 is 9.53 Å². The summed E-state index contributed by atoms with van der Waals surface area (Å²) in [7, 11) is 5.81. The Morgan fingerprint density at radius 3 is 2.92 bits per heavy atom. The Morgan fingerprint density at radius 1 is 1.38 bits per heavy atom. The van der Waals surface area contributed by atoms with Crippen LogP contribution in [0.3, 0.4) is 0 Å². The number of amides is 1. The van der Waals surface area contributed by atoms with Crippen molar-refractivity contribution in [2.45, 2.75) is 37.6 Å². The normalized spacial score (nSPS) is 17.6. The largest absolute Gasteiger partial charge is 0.497 e. The second-order valence-electron chi connectivity index (χ2n) is 7.16. The van der Waals surface area contributed by atoms with Gasteiger partial charge in [-0.1, -0.05) is 12.1 Å². The number of aryl methyl sites for hydroxylation is 1. The number of ether oxygens (including phenoxy) is 1. The third-order valence-corrected chi connectivity index (χ3v) is 6.18. The number of carbonyl (C=O) groups excluding carboxylic acids is 1. The predicted octanol–water partition coefficient (Wildman–Crippen LogP) is 3.99. The fraction of sp³-hybridized carbons (Fsp3) is 0.476. The molecule has 2 aromatic rings. The summed E-state index contributed by atoms with van der Waals surface area (Å²) < 4.78 is 5.34. The molecule has 2 atom stereocenters. The zero-order chi connectivity index (χ0) is 18.5. The van der Waals surface area contributed by atoms with E-state index < -0.39 is 0 Å². The minimum Gasteiger partial charge on any atom is -0.497 e. The maximum Gasteiger partial charge on any atom is 0.220 e. The number of likely N-dealkylation sites (N-methyl/N-ethyl adjacent to an activating group) is 1. The molecule has 1 N–H and O–H groups in total. The number of hydrogen-bond donors (Lipinski definition) is 1. The molecule has 26 heavy (non-hydrogen) atoms. The predicted molar refractivity (Wildman–Crippen MR) is 107 cm³/mol. The summed E-state index contributed by atoms with van der Waals surface area (Å²) in [5.41, 5.74) is 2.65. The van der Waals surface area contributed by atoms with E-state index in [-0.39, 0.29) is 11.9 Å². The summed E-state index contributed by atoms with van der Waals surface area (Å²) in [6, 6.07) is 10.7. The molecule has 1 aliphatic carbocycles. The van der Waals surface area contributed by atoms with E-state index in [1.165, 1.54) is 16.0 Å². The summed E-state index contributed by atoms with van der Waals surface area (Å²) in [6.45, 7) is 0.647. The number of hydrogen-bond acceptors (Lipinski definition) is 4. The fourth-order valence-corrected chi connectivity index (χ4v) is 4.68. The first-order chi connectivity index (χ1) is 12.6. The zero-order valence-corrected chi connectivity index (χ0v) is 16.6. The number of thiophene rings is 1. The van der Waals surface area contributed by atoms with Gasteiger partial charge < -0.3 is 15.0 Å². The van der Waals surface area contributed by atoms with Crippen LogP contribution < -0.4 is 10.1 Å². The highest BCUT2D eigenvalue weighted by molar-refractivity contribution is 7.10. The third kappa shape index (κ3) is 4.46. The Balaban J connectivity index is 1.60. The van der Waals surface area contributed by atoms with Gasteiger partial charge in [0.25, 0.3) is 0 Å². The van der Waals surface area contributed by atoms with Gasteiger partial charge in [-0.15, -0.1) is 11.3 Å². The van der Waals surface area contributed by atoms with Crippen LogP contribution in [-0.2, 0) is 11.2 Å². The number of nitrogens with one attached hydrogen (secondary N) is 1. The second kappa shape index (κ2) is 8.69. The van der Waals surface area contributed by atoms with Gasteiger partial charge in [-0.2, -0.15) is 0 Å². The fourth-order valence-electron chi connectivity index (χ4n) is 3.76. The van der Waals surface area contributed by atoms with Crippen LogP contribution in [0.15, 0.2) is 35.7 Å². The van der Waals surface area contributed by atoms with Gasteiger partial charge in [0.05, 0.1) is 13.2 Å². The Morgan fingerprint density at radius 2 is 2.23 bits per heavy atom. The van der Waals surface area contributed by atoms with E-state index in [2.05, 4.69) is 54.0 Å². The van der Waals surface area contributed by atoms with Gasteiger partial charge in [-0.3, -0.25) is 4.79 Å². The smallest absolute Gasteiger partial charge is 0.220 e. The Labute approximate surface area is 160 Å². The van der Waals surface area contributed by atoms with Gasteiger partial charge in [0.1, 0.15) is 5.75 Å². The number of fused-ring (bicyclic) bond motifs is 1. The molecule has 0 saturated heterocycles. The highest BCUT2D eigenvalue weighted by Gasteiger charge is 2.24. The minimum absolute atomic E-state index is 0.141. The molecule has 140 valence electrons. The molecule has 1 aromatic heterocycles. The molecule has 0 aliphatic heterocycles. The molecule has 3 rings (SSSR count). The van der Waals surface area contributed by atoms with Gasteiger partial charge in [-0.05, 0) is 74.0 Å². The van der Waals surface area contributed by atoms with Crippen molar-refractivity contribution in [2.75, 3.05) is 27.7 Å². The standard InChI is InChI=1S/C21H28N2O2S/c1-23(2)19(20-8-5-11-26-20)14-22-21(24)13-16-7-4-6-15-12-17(25-3)9-10-18(15)16/h5,8-12,16,19H,4,6-7,13-14H2,1-3H3,(H,22,24). The first-order valence-electron chi connectivity index (χ1n) is 9.22. The van der Waals surface area contributed by atoms with Crippen molar-refractivity contribution in [3.8, 4) is 5.75 Å². The average molecular weight is 373 g/mol. The molecule has 2 unspecified atom stereocenters. The molecule has 1 heterocycles. The molecule has 4 nitrogen and oxygen atoms in total. The molecule has 0 spiro atoms. The molecular weight excluding hydrogens is 344 g/mol. The van der Waals surface area contributed by atoms with E-state index >= 15 is 0 Å². The lowest BCUT2D eigenvalue weighted by Gasteiger charge is -2.27. The van der Waals surface area contributed by atoms with Crippen LogP contribution in [0.5, 0.6) is 5.75 Å². The average Bonchev–Trinajstić information content (AvgIpc) is 3.15. The van der Waals surface area contributed by atoms with Crippen LogP contribution in [0, 0.1) is 0 Å². The van der Waals surface area contributed by atoms with Crippen LogP contribution in [-0.4, -0.2) is 38.6 Å². The molecule has 1 aliphatic rings. The number of rotatable bonds is 7. The minimum atomic E-state index is 0.141. The quantitative estimate of drug-likeness (QED) is 0.799. The topological polar surface area (TPSA) is 41.6 Å². The van der Waals surface area contributed by atoms with Gasteiger partial charge in [-0.25, -0.2) is 0 Å². The second-order valence-corrected chi connectivity index (χ2v) is 8.14. The first kappa shape index (κ1) is 18.9. The molecule has 1 aromatic carbocycles. The van der Waals surface area contributed by atoms with E-state index in [0.717, 1.165) is 25.0 Å². The number of methoxy groups -OCH3 is 1. The molecule has 0 radical (unpaired) electrons. The van der Waals surface area contributed by atoms with Crippen molar-refractivity contribution in [3.05, 3.63) is 51.7 Å². The van der Waals surface area contributed by atoms with Crippen molar-refractivity contribution in [2.24, 2.45) is 0 Å². The Kier molecular flexibility index (Phi) is 6.33. The molecule has 1 amide bonds. The maximum atomic E-state index is 12.6.